The Hall–Kier alpha value is -3.34. The van der Waals surface area contributed by atoms with Crippen LogP contribution in [-0.4, -0.2) is 39.4 Å². The molecule has 0 amide bonds. The van der Waals surface area contributed by atoms with Gasteiger partial charge in [-0.05, 0) is 48.0 Å². The van der Waals surface area contributed by atoms with E-state index in [1.165, 1.54) is 11.4 Å². The summed E-state index contributed by atoms with van der Waals surface area (Å²) < 4.78 is 2.04. The third kappa shape index (κ3) is 4.68. The lowest BCUT2D eigenvalue weighted by Crippen LogP contribution is -2.29. The maximum atomic E-state index is 4.61. The van der Waals surface area contributed by atoms with Crippen LogP contribution in [0.2, 0.25) is 0 Å². The average molecular weight is 375 g/mol. The summed E-state index contributed by atoms with van der Waals surface area (Å²) in [7, 11) is 10.2. The normalized spacial score (nSPS) is 11.5. The van der Waals surface area contributed by atoms with Crippen LogP contribution in [0.3, 0.4) is 0 Å². The molecule has 0 aliphatic rings. The maximum Gasteiger partial charge on any atom is 0.293 e. The highest BCUT2D eigenvalue weighted by molar-refractivity contribution is 5.82. The Bertz CT molecular complexity index is 882. The molecule has 0 radical (unpaired) electrons. The van der Waals surface area contributed by atoms with Gasteiger partial charge in [0.1, 0.15) is 12.4 Å². The van der Waals surface area contributed by atoms with E-state index in [0.29, 0.717) is 0 Å². The number of H-pyrrole nitrogens is 1. The van der Waals surface area contributed by atoms with Gasteiger partial charge in [-0.3, -0.25) is 4.98 Å². The standard InChI is InChI=1S/C23H27N5/c1-26(2)20-11-6-18(7-12-20)10-15-22-25-17-23(28(22)5)24-16-19-8-13-21(14-9-19)27(3)4/h6-17H,1-5H3/p+1. The number of anilines is 2. The summed E-state index contributed by atoms with van der Waals surface area (Å²) in [6.45, 7) is 0. The largest absolute Gasteiger partial charge is 0.378 e. The number of aromatic amines is 1. The molecule has 144 valence electrons. The molecule has 0 saturated carbocycles. The van der Waals surface area contributed by atoms with E-state index in [1.807, 2.05) is 52.2 Å². The van der Waals surface area contributed by atoms with Crippen molar-refractivity contribution in [3.8, 4) is 0 Å². The van der Waals surface area contributed by atoms with Crippen LogP contribution in [0.25, 0.3) is 12.2 Å². The molecular formula is C23H28N5+. The van der Waals surface area contributed by atoms with Crippen molar-refractivity contribution in [3.63, 3.8) is 0 Å². The van der Waals surface area contributed by atoms with Gasteiger partial charge in [-0.1, -0.05) is 12.1 Å². The zero-order valence-corrected chi connectivity index (χ0v) is 17.2. The molecule has 2 aromatic carbocycles. The summed E-state index contributed by atoms with van der Waals surface area (Å²) in [5.41, 5.74) is 4.60. The molecule has 0 saturated heterocycles. The number of nitrogens with one attached hydrogen (secondary N) is 1. The number of rotatable bonds is 6. The lowest BCUT2D eigenvalue weighted by Gasteiger charge is -2.11. The van der Waals surface area contributed by atoms with Crippen LogP contribution in [0, 0.1) is 0 Å². The first-order chi connectivity index (χ1) is 13.4. The number of aliphatic imine (C=N–C) groups is 1. The second-order valence-corrected chi connectivity index (χ2v) is 7.15. The minimum Gasteiger partial charge on any atom is -0.378 e. The van der Waals surface area contributed by atoms with Crippen LogP contribution < -0.4 is 14.4 Å². The zero-order chi connectivity index (χ0) is 20.1. The summed E-state index contributed by atoms with van der Waals surface area (Å²) in [5.74, 6) is 1.87. The van der Waals surface area contributed by atoms with Crippen LogP contribution in [-0.2, 0) is 7.05 Å². The fraction of sp³-hybridized carbons (Fsp3) is 0.217. The van der Waals surface area contributed by atoms with Gasteiger partial charge in [-0.15, -0.1) is 4.99 Å². The molecule has 5 heteroatoms. The molecule has 0 atom stereocenters. The number of nitrogens with zero attached hydrogens (tertiary/aromatic N) is 4. The fourth-order valence-electron chi connectivity index (χ4n) is 2.80. The first kappa shape index (κ1) is 19.4. The Kier molecular flexibility index (Phi) is 5.94. The lowest BCUT2D eigenvalue weighted by atomic mass is 10.2. The van der Waals surface area contributed by atoms with Crippen LogP contribution >= 0.6 is 0 Å². The van der Waals surface area contributed by atoms with E-state index < -0.39 is 0 Å². The van der Waals surface area contributed by atoms with E-state index in [1.54, 1.807) is 0 Å². The van der Waals surface area contributed by atoms with Gasteiger partial charge in [0.2, 0.25) is 5.82 Å². The van der Waals surface area contributed by atoms with Gasteiger partial charge in [0.15, 0.2) is 0 Å². The van der Waals surface area contributed by atoms with Gasteiger partial charge >= 0.3 is 0 Å². The van der Waals surface area contributed by atoms with Crippen molar-refractivity contribution >= 4 is 35.6 Å². The molecule has 0 aliphatic carbocycles. The van der Waals surface area contributed by atoms with Crippen molar-refractivity contribution < 1.29 is 4.57 Å². The van der Waals surface area contributed by atoms with E-state index in [2.05, 4.69) is 80.5 Å². The number of imidazole rings is 1. The Morgan fingerprint density at radius 1 is 0.786 bits per heavy atom. The second kappa shape index (κ2) is 8.57. The third-order valence-electron chi connectivity index (χ3n) is 4.65. The summed E-state index contributed by atoms with van der Waals surface area (Å²) in [5, 5.41) is 0. The fourth-order valence-corrected chi connectivity index (χ4v) is 2.80. The number of hydrogen-bond donors (Lipinski definition) is 1. The van der Waals surface area contributed by atoms with Crippen molar-refractivity contribution in [1.82, 2.24) is 4.98 Å². The van der Waals surface area contributed by atoms with Gasteiger partial charge in [-0.2, -0.15) is 0 Å². The highest BCUT2D eigenvalue weighted by Gasteiger charge is 2.09. The summed E-state index contributed by atoms with van der Waals surface area (Å²) in [4.78, 5) is 12.1. The molecule has 0 aliphatic heterocycles. The van der Waals surface area contributed by atoms with Crippen LogP contribution in [0.4, 0.5) is 17.2 Å². The van der Waals surface area contributed by atoms with Crippen molar-refractivity contribution in [1.29, 1.82) is 0 Å². The quantitative estimate of drug-likeness (QED) is 0.525. The van der Waals surface area contributed by atoms with Crippen LogP contribution in [0.15, 0.2) is 59.7 Å². The molecule has 0 fully saturated rings. The summed E-state index contributed by atoms with van der Waals surface area (Å²) in [6.07, 6.45) is 7.96. The Morgan fingerprint density at radius 2 is 1.32 bits per heavy atom. The molecule has 3 rings (SSSR count). The Morgan fingerprint density at radius 3 is 1.86 bits per heavy atom. The smallest absolute Gasteiger partial charge is 0.293 e. The van der Waals surface area contributed by atoms with Gasteiger partial charge < -0.3 is 9.80 Å². The molecule has 0 spiro atoms. The highest BCUT2D eigenvalue weighted by Crippen LogP contribution is 2.15. The summed E-state index contributed by atoms with van der Waals surface area (Å²) in [6, 6.07) is 16.8. The second-order valence-electron chi connectivity index (χ2n) is 7.15. The molecule has 1 aromatic heterocycles. The van der Waals surface area contributed by atoms with Crippen molar-refractivity contribution in [2.45, 2.75) is 0 Å². The van der Waals surface area contributed by atoms with Gasteiger partial charge in [-0.25, -0.2) is 4.57 Å². The lowest BCUT2D eigenvalue weighted by molar-refractivity contribution is -0.659. The predicted octanol–water partition coefficient (Wildman–Crippen LogP) is 3.89. The van der Waals surface area contributed by atoms with Crippen molar-refractivity contribution in [2.75, 3.05) is 38.0 Å². The van der Waals surface area contributed by atoms with E-state index in [-0.39, 0.29) is 0 Å². The minimum absolute atomic E-state index is 0.874. The van der Waals surface area contributed by atoms with Crippen LogP contribution in [0.5, 0.6) is 0 Å². The van der Waals surface area contributed by atoms with Gasteiger partial charge in [0.25, 0.3) is 5.82 Å². The zero-order valence-electron chi connectivity index (χ0n) is 17.2. The summed E-state index contributed by atoms with van der Waals surface area (Å²) >= 11 is 0. The van der Waals surface area contributed by atoms with E-state index in [9.17, 15) is 0 Å². The highest BCUT2D eigenvalue weighted by atomic mass is 15.1. The molecule has 0 bridgehead atoms. The molecule has 1 heterocycles. The minimum atomic E-state index is 0.874. The number of aromatic nitrogens is 2. The van der Waals surface area contributed by atoms with E-state index in [0.717, 1.165) is 22.8 Å². The number of benzene rings is 2. The Balaban J connectivity index is 1.70. The topological polar surface area (TPSA) is 38.5 Å². The molecular weight excluding hydrogens is 346 g/mol. The Labute approximate surface area is 167 Å². The van der Waals surface area contributed by atoms with Crippen molar-refractivity contribution in [3.05, 3.63) is 71.7 Å². The molecule has 3 aromatic rings. The molecule has 5 nitrogen and oxygen atoms in total. The molecule has 0 unspecified atom stereocenters. The predicted molar refractivity (Wildman–Crippen MR) is 120 cm³/mol. The first-order valence-electron chi connectivity index (χ1n) is 9.28. The van der Waals surface area contributed by atoms with Crippen molar-refractivity contribution in [2.24, 2.45) is 12.0 Å². The molecule has 1 N–H and O–H groups in total. The molecule has 28 heavy (non-hydrogen) atoms. The van der Waals surface area contributed by atoms with E-state index in [4.69, 9.17) is 0 Å². The van der Waals surface area contributed by atoms with E-state index >= 15 is 0 Å². The average Bonchev–Trinajstić information content (AvgIpc) is 3.05. The maximum absolute atomic E-state index is 4.61. The SMILES string of the molecule is CN(C)c1ccc(C=Cc2[nH]cc(N=Cc3ccc(N(C)C)cc3)[n+]2C)cc1. The van der Waals surface area contributed by atoms with Gasteiger partial charge in [0, 0.05) is 51.2 Å². The first-order valence-corrected chi connectivity index (χ1v) is 9.28. The third-order valence-corrected chi connectivity index (χ3v) is 4.65. The number of hydrogen-bond acceptors (Lipinski definition) is 3. The monoisotopic (exact) mass is 374 g/mol. The van der Waals surface area contributed by atoms with Gasteiger partial charge in [0.05, 0.1) is 7.05 Å². The van der Waals surface area contributed by atoms with Crippen LogP contribution in [0.1, 0.15) is 17.0 Å².